The SMILES string of the molecule is CCOc1ccc2ccccc2c1C(=O)NCCN1CCN(S(C)(=O)=O)CC1.Cl. The van der Waals surface area contributed by atoms with Gasteiger partial charge in [0.1, 0.15) is 5.75 Å². The zero-order chi connectivity index (χ0) is 20.1. The highest BCUT2D eigenvalue weighted by atomic mass is 35.5. The molecule has 0 saturated carbocycles. The van der Waals surface area contributed by atoms with Crippen LogP contribution in [-0.4, -0.2) is 75.7 Å². The summed E-state index contributed by atoms with van der Waals surface area (Å²) in [5, 5.41) is 4.85. The minimum Gasteiger partial charge on any atom is -0.493 e. The van der Waals surface area contributed by atoms with Crippen LogP contribution >= 0.6 is 12.4 Å². The Morgan fingerprint density at radius 3 is 2.45 bits per heavy atom. The van der Waals surface area contributed by atoms with Crippen LogP contribution in [-0.2, 0) is 10.0 Å². The Hall–Kier alpha value is -1.87. The number of fused-ring (bicyclic) bond motifs is 1. The molecule has 2 aromatic rings. The number of rotatable bonds is 7. The maximum Gasteiger partial charge on any atom is 0.255 e. The number of benzene rings is 2. The van der Waals surface area contributed by atoms with Crippen molar-refractivity contribution < 1.29 is 17.9 Å². The molecule has 0 spiro atoms. The fraction of sp³-hybridized carbons (Fsp3) is 0.450. The number of nitrogens with one attached hydrogen (secondary N) is 1. The molecule has 0 aliphatic carbocycles. The van der Waals surface area contributed by atoms with E-state index in [9.17, 15) is 13.2 Å². The maximum atomic E-state index is 12.9. The summed E-state index contributed by atoms with van der Waals surface area (Å²) in [6, 6.07) is 11.6. The molecule has 3 rings (SSSR count). The van der Waals surface area contributed by atoms with Crippen LogP contribution in [0.1, 0.15) is 17.3 Å². The Morgan fingerprint density at radius 2 is 1.79 bits per heavy atom. The van der Waals surface area contributed by atoms with Crippen molar-refractivity contribution in [3.05, 3.63) is 42.0 Å². The smallest absolute Gasteiger partial charge is 0.255 e. The Kier molecular flexibility index (Phi) is 8.27. The van der Waals surface area contributed by atoms with Gasteiger partial charge in [0.2, 0.25) is 10.0 Å². The number of ether oxygens (including phenoxy) is 1. The van der Waals surface area contributed by atoms with Crippen molar-refractivity contribution in [2.75, 3.05) is 52.1 Å². The number of hydrogen-bond acceptors (Lipinski definition) is 5. The zero-order valence-electron chi connectivity index (χ0n) is 16.8. The first kappa shape index (κ1) is 23.4. The van der Waals surface area contributed by atoms with E-state index in [0.717, 1.165) is 10.8 Å². The fourth-order valence-electron chi connectivity index (χ4n) is 3.46. The number of carbonyl (C=O) groups excluding carboxylic acids is 1. The first-order chi connectivity index (χ1) is 13.4. The number of piperazine rings is 1. The van der Waals surface area contributed by atoms with Gasteiger partial charge in [0.25, 0.3) is 5.91 Å². The highest BCUT2D eigenvalue weighted by Gasteiger charge is 2.23. The van der Waals surface area contributed by atoms with E-state index in [1.165, 1.54) is 10.6 Å². The number of nitrogens with zero attached hydrogens (tertiary/aromatic N) is 2. The van der Waals surface area contributed by atoms with E-state index in [0.29, 0.717) is 57.2 Å². The van der Waals surface area contributed by atoms with Crippen molar-refractivity contribution in [2.45, 2.75) is 6.92 Å². The minimum absolute atomic E-state index is 0. The molecule has 1 aliphatic heterocycles. The molecule has 1 amide bonds. The molecular formula is C20H28ClN3O4S. The lowest BCUT2D eigenvalue weighted by Gasteiger charge is -2.33. The average molecular weight is 442 g/mol. The molecule has 29 heavy (non-hydrogen) atoms. The van der Waals surface area contributed by atoms with Gasteiger partial charge < -0.3 is 10.1 Å². The molecule has 1 saturated heterocycles. The van der Waals surface area contributed by atoms with Crippen LogP contribution in [0.4, 0.5) is 0 Å². The van der Waals surface area contributed by atoms with Crippen molar-refractivity contribution in [3.8, 4) is 5.75 Å². The number of carbonyl (C=O) groups is 1. The molecule has 160 valence electrons. The van der Waals surface area contributed by atoms with Gasteiger partial charge in [-0.2, -0.15) is 4.31 Å². The van der Waals surface area contributed by atoms with Gasteiger partial charge in [-0.1, -0.05) is 30.3 Å². The van der Waals surface area contributed by atoms with Gasteiger partial charge in [0, 0.05) is 39.3 Å². The Labute approximate surface area is 178 Å². The monoisotopic (exact) mass is 441 g/mol. The average Bonchev–Trinajstić information content (AvgIpc) is 2.67. The van der Waals surface area contributed by atoms with Crippen LogP contribution in [0.3, 0.4) is 0 Å². The molecule has 0 unspecified atom stereocenters. The lowest BCUT2D eigenvalue weighted by molar-refractivity contribution is 0.0943. The summed E-state index contributed by atoms with van der Waals surface area (Å²) in [7, 11) is -3.13. The van der Waals surface area contributed by atoms with Crippen molar-refractivity contribution >= 4 is 39.1 Å². The second-order valence-electron chi connectivity index (χ2n) is 6.85. The number of hydrogen-bond donors (Lipinski definition) is 1. The predicted molar refractivity (Wildman–Crippen MR) is 118 cm³/mol. The molecule has 7 nitrogen and oxygen atoms in total. The topological polar surface area (TPSA) is 79.0 Å². The van der Waals surface area contributed by atoms with E-state index in [1.54, 1.807) is 0 Å². The minimum atomic E-state index is -3.13. The third-order valence-electron chi connectivity index (χ3n) is 4.93. The highest BCUT2D eigenvalue weighted by molar-refractivity contribution is 7.88. The van der Waals surface area contributed by atoms with Crippen molar-refractivity contribution in [1.29, 1.82) is 0 Å². The molecule has 1 fully saturated rings. The molecular weight excluding hydrogens is 414 g/mol. The maximum absolute atomic E-state index is 12.9. The van der Waals surface area contributed by atoms with E-state index < -0.39 is 10.0 Å². The second-order valence-corrected chi connectivity index (χ2v) is 8.83. The van der Waals surface area contributed by atoms with Crippen LogP contribution in [0.15, 0.2) is 36.4 Å². The van der Waals surface area contributed by atoms with Crippen LogP contribution in [0.2, 0.25) is 0 Å². The molecule has 1 aliphatic rings. The van der Waals surface area contributed by atoms with E-state index in [2.05, 4.69) is 10.2 Å². The van der Waals surface area contributed by atoms with Crippen LogP contribution in [0.25, 0.3) is 10.8 Å². The van der Waals surface area contributed by atoms with Gasteiger partial charge >= 0.3 is 0 Å². The Bertz CT molecular complexity index is 944. The zero-order valence-corrected chi connectivity index (χ0v) is 18.4. The quantitative estimate of drug-likeness (QED) is 0.710. The molecule has 1 heterocycles. The highest BCUT2D eigenvalue weighted by Crippen LogP contribution is 2.28. The Morgan fingerprint density at radius 1 is 1.10 bits per heavy atom. The summed E-state index contributed by atoms with van der Waals surface area (Å²) in [4.78, 5) is 15.0. The number of amides is 1. The first-order valence-electron chi connectivity index (χ1n) is 9.50. The van der Waals surface area contributed by atoms with Gasteiger partial charge in [-0.05, 0) is 23.8 Å². The summed E-state index contributed by atoms with van der Waals surface area (Å²) in [6.45, 7) is 5.87. The largest absolute Gasteiger partial charge is 0.493 e. The van der Waals surface area contributed by atoms with Crippen molar-refractivity contribution in [2.24, 2.45) is 0 Å². The predicted octanol–water partition coefficient (Wildman–Crippen LogP) is 1.97. The van der Waals surface area contributed by atoms with Crippen LogP contribution in [0, 0.1) is 0 Å². The molecule has 0 bridgehead atoms. The summed E-state index contributed by atoms with van der Waals surface area (Å²) in [5.74, 6) is 0.426. The third-order valence-corrected chi connectivity index (χ3v) is 6.23. The third kappa shape index (κ3) is 5.82. The molecule has 9 heteroatoms. The number of sulfonamides is 1. The summed E-state index contributed by atoms with van der Waals surface area (Å²) in [5.41, 5.74) is 0.557. The van der Waals surface area contributed by atoms with Gasteiger partial charge in [0.05, 0.1) is 18.4 Å². The van der Waals surface area contributed by atoms with E-state index in [-0.39, 0.29) is 18.3 Å². The van der Waals surface area contributed by atoms with E-state index >= 15 is 0 Å². The summed E-state index contributed by atoms with van der Waals surface area (Å²) in [6.07, 6.45) is 1.24. The molecule has 0 radical (unpaired) electrons. The number of halogens is 1. The van der Waals surface area contributed by atoms with Crippen LogP contribution < -0.4 is 10.1 Å². The van der Waals surface area contributed by atoms with Gasteiger partial charge in [0.15, 0.2) is 0 Å². The lowest BCUT2D eigenvalue weighted by Crippen LogP contribution is -2.49. The lowest BCUT2D eigenvalue weighted by atomic mass is 10.0. The second kappa shape index (κ2) is 10.2. The van der Waals surface area contributed by atoms with Crippen molar-refractivity contribution in [1.82, 2.24) is 14.5 Å². The van der Waals surface area contributed by atoms with Gasteiger partial charge in [-0.3, -0.25) is 9.69 Å². The summed E-state index contributed by atoms with van der Waals surface area (Å²) < 4.78 is 30.3. The first-order valence-corrected chi connectivity index (χ1v) is 11.3. The molecule has 1 N–H and O–H groups in total. The Balaban J connectivity index is 0.00000300. The van der Waals surface area contributed by atoms with Crippen molar-refractivity contribution in [3.63, 3.8) is 0 Å². The molecule has 2 aromatic carbocycles. The molecule has 0 aromatic heterocycles. The van der Waals surface area contributed by atoms with Gasteiger partial charge in [-0.25, -0.2) is 8.42 Å². The van der Waals surface area contributed by atoms with E-state index in [1.807, 2.05) is 43.3 Å². The van der Waals surface area contributed by atoms with E-state index in [4.69, 9.17) is 4.74 Å². The fourth-order valence-corrected chi connectivity index (χ4v) is 4.29. The summed E-state index contributed by atoms with van der Waals surface area (Å²) >= 11 is 0. The molecule has 0 atom stereocenters. The normalized spacial score (nSPS) is 15.7. The van der Waals surface area contributed by atoms with Gasteiger partial charge in [-0.15, -0.1) is 12.4 Å². The van der Waals surface area contributed by atoms with Crippen LogP contribution in [0.5, 0.6) is 5.75 Å². The standard InChI is InChI=1S/C20H27N3O4S.ClH/c1-3-27-18-9-8-16-6-4-5-7-17(16)19(18)20(24)21-10-11-22-12-14-23(15-13-22)28(2,25)26;/h4-9H,3,10-15H2,1-2H3,(H,21,24);1H.